The quantitative estimate of drug-likeness (QED) is 0.396. The fraction of sp³-hybridized carbons (Fsp3) is 0.375. The van der Waals surface area contributed by atoms with E-state index in [4.69, 9.17) is 32.7 Å². The van der Waals surface area contributed by atoms with Crippen LogP contribution in [0.1, 0.15) is 18.4 Å². The van der Waals surface area contributed by atoms with Gasteiger partial charge in [-0.3, -0.25) is 0 Å². The van der Waals surface area contributed by atoms with Crippen molar-refractivity contribution < 1.29 is 17.9 Å². The number of ether oxygens (including phenoxy) is 2. The number of hydrogen-bond acceptors (Lipinski definition) is 5. The predicted octanol–water partition coefficient (Wildman–Crippen LogP) is 4.82. The smallest absolute Gasteiger partial charge is 0.211 e. The number of alkyl halides is 1. The van der Waals surface area contributed by atoms with Crippen molar-refractivity contribution in [2.75, 3.05) is 38.4 Å². The van der Waals surface area contributed by atoms with Crippen molar-refractivity contribution in [3.05, 3.63) is 53.2 Å². The van der Waals surface area contributed by atoms with Crippen molar-refractivity contribution in [2.45, 2.75) is 12.8 Å². The first kappa shape index (κ1) is 24.7. The molecule has 0 N–H and O–H groups in total. The summed E-state index contributed by atoms with van der Waals surface area (Å²) in [7, 11) is -3.18. The molecule has 3 aromatic rings. The Hall–Kier alpha value is -2.44. The van der Waals surface area contributed by atoms with Crippen molar-refractivity contribution in [3.8, 4) is 23.3 Å². The molecule has 0 radical (unpaired) electrons. The minimum absolute atomic E-state index is 0.162. The van der Waals surface area contributed by atoms with E-state index in [9.17, 15) is 13.7 Å². The molecule has 0 aliphatic carbocycles. The van der Waals surface area contributed by atoms with E-state index < -0.39 is 10.0 Å². The van der Waals surface area contributed by atoms with Gasteiger partial charge in [-0.05, 0) is 49.2 Å². The highest BCUT2D eigenvalue weighted by Crippen LogP contribution is 2.33. The highest BCUT2D eigenvalue weighted by molar-refractivity contribution is 7.88. The SMILES string of the molecule is CS(=O)(=O)N1CCCC(COc2ccc3c(ccn3-c3cc(Cl)c(OCCCl)c(C#N)c3)c2)C1. The number of aromatic nitrogens is 1. The van der Waals surface area contributed by atoms with E-state index in [0.29, 0.717) is 41.9 Å². The number of hydrogen-bond donors (Lipinski definition) is 0. The van der Waals surface area contributed by atoms with E-state index in [1.54, 1.807) is 12.1 Å². The summed E-state index contributed by atoms with van der Waals surface area (Å²) in [6.45, 7) is 1.79. The second-order valence-electron chi connectivity index (χ2n) is 8.30. The summed E-state index contributed by atoms with van der Waals surface area (Å²) >= 11 is 12.1. The molecule has 0 bridgehead atoms. The zero-order valence-electron chi connectivity index (χ0n) is 18.7. The number of halogens is 2. The van der Waals surface area contributed by atoms with Crippen LogP contribution in [0.4, 0.5) is 0 Å². The average molecular weight is 522 g/mol. The molecule has 1 fully saturated rings. The molecule has 1 saturated heterocycles. The lowest BCUT2D eigenvalue weighted by molar-refractivity contribution is 0.181. The van der Waals surface area contributed by atoms with E-state index in [2.05, 4.69) is 6.07 Å². The van der Waals surface area contributed by atoms with E-state index in [-0.39, 0.29) is 12.5 Å². The van der Waals surface area contributed by atoms with Gasteiger partial charge in [0, 0.05) is 36.3 Å². The molecule has 2 heterocycles. The highest BCUT2D eigenvalue weighted by Gasteiger charge is 2.26. The standard InChI is InChI=1S/C24H25Cl2N3O4S/c1-34(30,31)28-8-2-3-17(15-28)16-33-21-4-5-23-18(12-21)6-9-29(23)20-11-19(14-27)24(22(26)13-20)32-10-7-25/h4-6,9,11-13,17H,2-3,7-8,10,15-16H2,1H3. The summed E-state index contributed by atoms with van der Waals surface area (Å²) in [6.07, 6.45) is 4.94. The van der Waals surface area contributed by atoms with Crippen LogP contribution in [-0.2, 0) is 10.0 Å². The van der Waals surface area contributed by atoms with Crippen LogP contribution in [0.3, 0.4) is 0 Å². The monoisotopic (exact) mass is 521 g/mol. The lowest BCUT2D eigenvalue weighted by atomic mass is 10.0. The van der Waals surface area contributed by atoms with Gasteiger partial charge in [0.15, 0.2) is 5.75 Å². The number of benzene rings is 2. The zero-order chi connectivity index (χ0) is 24.3. The Morgan fingerprint density at radius 2 is 2.03 bits per heavy atom. The lowest BCUT2D eigenvalue weighted by Crippen LogP contribution is -2.40. The summed E-state index contributed by atoms with van der Waals surface area (Å²) in [5, 5.41) is 10.9. The maximum absolute atomic E-state index is 11.8. The minimum Gasteiger partial charge on any atom is -0.493 e. The molecule has 0 amide bonds. The van der Waals surface area contributed by atoms with Gasteiger partial charge in [-0.2, -0.15) is 5.26 Å². The van der Waals surface area contributed by atoms with Crippen LogP contribution in [0, 0.1) is 17.2 Å². The summed E-state index contributed by atoms with van der Waals surface area (Å²) in [5.74, 6) is 1.52. The molecular weight excluding hydrogens is 497 g/mol. The molecule has 1 unspecified atom stereocenters. The molecule has 1 atom stereocenters. The van der Waals surface area contributed by atoms with E-state index >= 15 is 0 Å². The van der Waals surface area contributed by atoms with Crippen molar-refractivity contribution in [1.29, 1.82) is 5.26 Å². The fourth-order valence-corrected chi connectivity index (χ4v) is 5.49. The molecule has 34 heavy (non-hydrogen) atoms. The largest absolute Gasteiger partial charge is 0.493 e. The number of rotatable bonds is 8. The van der Waals surface area contributed by atoms with Crippen molar-refractivity contribution in [3.63, 3.8) is 0 Å². The van der Waals surface area contributed by atoms with Gasteiger partial charge in [0.2, 0.25) is 10.0 Å². The van der Waals surface area contributed by atoms with Crippen LogP contribution in [-0.4, -0.2) is 55.7 Å². The molecule has 1 aliphatic heterocycles. The molecule has 180 valence electrons. The highest BCUT2D eigenvalue weighted by atomic mass is 35.5. The Balaban J connectivity index is 1.52. The number of fused-ring (bicyclic) bond motifs is 1. The first-order valence-electron chi connectivity index (χ1n) is 10.9. The van der Waals surface area contributed by atoms with Gasteiger partial charge >= 0.3 is 0 Å². The second kappa shape index (κ2) is 10.4. The first-order valence-corrected chi connectivity index (χ1v) is 13.7. The predicted molar refractivity (Wildman–Crippen MR) is 134 cm³/mol. The van der Waals surface area contributed by atoms with Gasteiger partial charge in [0.25, 0.3) is 0 Å². The number of piperidine rings is 1. The fourth-order valence-electron chi connectivity index (χ4n) is 4.20. The van der Waals surface area contributed by atoms with Gasteiger partial charge < -0.3 is 14.0 Å². The molecule has 0 spiro atoms. The van der Waals surface area contributed by atoms with Crippen LogP contribution in [0.25, 0.3) is 16.6 Å². The van der Waals surface area contributed by atoms with Gasteiger partial charge in [-0.1, -0.05) is 11.6 Å². The summed E-state index contributed by atoms with van der Waals surface area (Å²) in [4.78, 5) is 0. The van der Waals surface area contributed by atoms with E-state index in [1.165, 1.54) is 10.6 Å². The minimum atomic E-state index is -3.18. The normalized spacial score (nSPS) is 16.9. The molecular formula is C24H25Cl2N3O4S. The number of nitriles is 1. The molecule has 7 nitrogen and oxygen atoms in total. The summed E-state index contributed by atoms with van der Waals surface area (Å²) < 4.78 is 38.7. The maximum atomic E-state index is 11.8. The second-order valence-corrected chi connectivity index (χ2v) is 11.1. The van der Waals surface area contributed by atoms with Gasteiger partial charge in [-0.15, -0.1) is 11.6 Å². The third-order valence-electron chi connectivity index (χ3n) is 5.85. The first-order chi connectivity index (χ1) is 16.3. The molecule has 0 saturated carbocycles. The van der Waals surface area contributed by atoms with E-state index in [1.807, 2.05) is 35.0 Å². The molecule has 10 heteroatoms. The molecule has 4 rings (SSSR count). The van der Waals surface area contributed by atoms with Crippen LogP contribution in [0.5, 0.6) is 11.5 Å². The Morgan fingerprint density at radius 3 is 2.76 bits per heavy atom. The van der Waals surface area contributed by atoms with Gasteiger partial charge in [0.1, 0.15) is 18.4 Å². The van der Waals surface area contributed by atoms with Gasteiger partial charge in [0.05, 0.1) is 34.8 Å². The van der Waals surface area contributed by atoms with Crippen LogP contribution in [0.2, 0.25) is 5.02 Å². The van der Waals surface area contributed by atoms with E-state index in [0.717, 1.165) is 35.2 Å². The lowest BCUT2D eigenvalue weighted by Gasteiger charge is -2.30. The van der Waals surface area contributed by atoms with Crippen LogP contribution in [0.15, 0.2) is 42.6 Å². The Morgan fingerprint density at radius 1 is 1.21 bits per heavy atom. The maximum Gasteiger partial charge on any atom is 0.211 e. The average Bonchev–Trinajstić information content (AvgIpc) is 3.24. The number of nitrogens with zero attached hydrogens (tertiary/aromatic N) is 3. The van der Waals surface area contributed by atoms with Gasteiger partial charge in [-0.25, -0.2) is 12.7 Å². The summed E-state index contributed by atoms with van der Waals surface area (Å²) in [6, 6.07) is 13.4. The van der Waals surface area contributed by atoms with Crippen LogP contribution < -0.4 is 9.47 Å². The zero-order valence-corrected chi connectivity index (χ0v) is 21.0. The molecule has 1 aliphatic rings. The molecule has 2 aromatic carbocycles. The van der Waals surface area contributed by atoms with Crippen molar-refractivity contribution in [1.82, 2.24) is 8.87 Å². The topological polar surface area (TPSA) is 84.6 Å². The Labute approximate surface area is 209 Å². The third kappa shape index (κ3) is 5.44. The summed E-state index contributed by atoms with van der Waals surface area (Å²) in [5.41, 5.74) is 2.01. The Bertz CT molecular complexity index is 1330. The Kier molecular flexibility index (Phi) is 7.58. The third-order valence-corrected chi connectivity index (χ3v) is 7.55. The number of sulfonamides is 1. The van der Waals surface area contributed by atoms with Crippen molar-refractivity contribution in [2.24, 2.45) is 5.92 Å². The molecule has 1 aromatic heterocycles. The van der Waals surface area contributed by atoms with Crippen molar-refractivity contribution >= 4 is 44.1 Å². The van der Waals surface area contributed by atoms with Crippen LogP contribution >= 0.6 is 23.2 Å².